The largest absolute Gasteiger partial charge is 0.369 e. The van der Waals surface area contributed by atoms with E-state index in [9.17, 15) is 4.79 Å². The van der Waals surface area contributed by atoms with Crippen molar-refractivity contribution in [1.82, 2.24) is 9.97 Å². The monoisotopic (exact) mass is 318 g/mol. The van der Waals surface area contributed by atoms with Crippen molar-refractivity contribution in [3.8, 4) is 0 Å². The normalized spacial score (nSPS) is 22.4. The summed E-state index contributed by atoms with van der Waals surface area (Å²) in [7, 11) is 0. The molecule has 0 aliphatic heterocycles. The van der Waals surface area contributed by atoms with E-state index in [-0.39, 0.29) is 17.9 Å². The van der Waals surface area contributed by atoms with Crippen LogP contribution in [0.1, 0.15) is 44.9 Å². The first kappa shape index (κ1) is 15.2. The summed E-state index contributed by atoms with van der Waals surface area (Å²) in [6.45, 7) is 2.05. The van der Waals surface area contributed by atoms with Crippen molar-refractivity contribution in [3.05, 3.63) is 17.3 Å². The number of amides is 1. The molecule has 2 atom stereocenters. The molecule has 0 radical (unpaired) electrons. The van der Waals surface area contributed by atoms with E-state index >= 15 is 0 Å². The molecule has 2 heterocycles. The van der Waals surface area contributed by atoms with Crippen LogP contribution in [0.25, 0.3) is 10.2 Å². The SMILES string of the molecule is CCc1nc(NC2CCCCCC2C(N)=O)c2ccsc2n1. The Bertz CT molecular complexity index is 669. The highest BCUT2D eigenvalue weighted by atomic mass is 32.1. The van der Waals surface area contributed by atoms with Gasteiger partial charge in [0.05, 0.1) is 11.3 Å². The van der Waals surface area contributed by atoms with E-state index in [4.69, 9.17) is 5.73 Å². The lowest BCUT2D eigenvalue weighted by atomic mass is 9.94. The fraction of sp³-hybridized carbons (Fsp3) is 0.562. The molecule has 22 heavy (non-hydrogen) atoms. The van der Waals surface area contributed by atoms with Gasteiger partial charge in [-0.2, -0.15) is 0 Å². The van der Waals surface area contributed by atoms with Crippen LogP contribution < -0.4 is 11.1 Å². The minimum atomic E-state index is -0.203. The standard InChI is InChI=1S/C16H22N4OS/c1-2-13-19-15(11-8-9-22-16(11)20-13)18-12-7-5-3-4-6-10(12)14(17)21/h8-10,12H,2-7H2,1H3,(H2,17,21)(H,18,19,20). The maximum Gasteiger partial charge on any atom is 0.222 e. The van der Waals surface area contributed by atoms with E-state index in [1.807, 2.05) is 11.4 Å². The van der Waals surface area contributed by atoms with Crippen molar-refractivity contribution in [3.63, 3.8) is 0 Å². The number of thiophene rings is 1. The van der Waals surface area contributed by atoms with E-state index in [1.165, 1.54) is 6.42 Å². The number of anilines is 1. The van der Waals surface area contributed by atoms with Gasteiger partial charge in [-0.15, -0.1) is 11.3 Å². The van der Waals surface area contributed by atoms with Gasteiger partial charge in [-0.1, -0.05) is 26.2 Å². The molecule has 1 aliphatic rings. The molecule has 1 aliphatic carbocycles. The summed E-state index contributed by atoms with van der Waals surface area (Å²) < 4.78 is 0. The number of primary amides is 1. The predicted molar refractivity (Wildman–Crippen MR) is 90.0 cm³/mol. The Morgan fingerprint density at radius 1 is 1.36 bits per heavy atom. The van der Waals surface area contributed by atoms with Crippen LogP contribution in [0.15, 0.2) is 11.4 Å². The molecule has 5 nitrogen and oxygen atoms in total. The number of hydrogen-bond acceptors (Lipinski definition) is 5. The van der Waals surface area contributed by atoms with Gasteiger partial charge in [-0.25, -0.2) is 9.97 Å². The molecule has 2 aromatic rings. The average molecular weight is 318 g/mol. The maximum atomic E-state index is 11.8. The van der Waals surface area contributed by atoms with Crippen molar-refractivity contribution in [2.45, 2.75) is 51.5 Å². The smallest absolute Gasteiger partial charge is 0.222 e. The minimum Gasteiger partial charge on any atom is -0.369 e. The molecule has 0 spiro atoms. The van der Waals surface area contributed by atoms with Crippen molar-refractivity contribution in [1.29, 1.82) is 0 Å². The van der Waals surface area contributed by atoms with Crippen molar-refractivity contribution in [2.75, 3.05) is 5.32 Å². The van der Waals surface area contributed by atoms with Crippen LogP contribution in [0, 0.1) is 5.92 Å². The Kier molecular flexibility index (Phi) is 4.57. The van der Waals surface area contributed by atoms with Gasteiger partial charge in [0, 0.05) is 12.5 Å². The molecule has 3 N–H and O–H groups in total. The number of rotatable bonds is 4. The van der Waals surface area contributed by atoms with Crippen LogP contribution in [-0.4, -0.2) is 21.9 Å². The lowest BCUT2D eigenvalue weighted by Crippen LogP contribution is -2.38. The minimum absolute atomic E-state index is 0.0720. The molecular weight excluding hydrogens is 296 g/mol. The zero-order valence-electron chi connectivity index (χ0n) is 12.8. The highest BCUT2D eigenvalue weighted by Crippen LogP contribution is 2.30. The number of hydrogen-bond donors (Lipinski definition) is 2. The zero-order chi connectivity index (χ0) is 15.5. The second-order valence-electron chi connectivity index (χ2n) is 5.88. The Hall–Kier alpha value is -1.69. The van der Waals surface area contributed by atoms with Gasteiger partial charge in [0.2, 0.25) is 5.91 Å². The Balaban J connectivity index is 1.93. The Morgan fingerprint density at radius 2 is 2.18 bits per heavy atom. The lowest BCUT2D eigenvalue weighted by molar-refractivity contribution is -0.122. The van der Waals surface area contributed by atoms with Gasteiger partial charge in [0.1, 0.15) is 16.5 Å². The van der Waals surface area contributed by atoms with E-state index < -0.39 is 0 Å². The molecule has 0 aromatic carbocycles. The molecule has 0 saturated heterocycles. The number of aryl methyl sites for hydroxylation is 1. The molecular formula is C16H22N4OS. The van der Waals surface area contributed by atoms with Gasteiger partial charge >= 0.3 is 0 Å². The fourth-order valence-corrected chi connectivity index (χ4v) is 3.95. The summed E-state index contributed by atoms with van der Waals surface area (Å²) in [6, 6.07) is 2.11. The number of aromatic nitrogens is 2. The fourth-order valence-electron chi connectivity index (χ4n) is 3.16. The Labute approximate surface area is 134 Å². The number of nitrogens with two attached hydrogens (primary N) is 1. The number of fused-ring (bicyclic) bond motifs is 1. The van der Waals surface area contributed by atoms with Crippen LogP contribution in [0.3, 0.4) is 0 Å². The number of carbonyl (C=O) groups excluding carboxylic acids is 1. The predicted octanol–water partition coefficient (Wildman–Crippen LogP) is 3.10. The summed E-state index contributed by atoms with van der Waals surface area (Å²) in [5.74, 6) is 1.37. The third-order valence-electron chi connectivity index (χ3n) is 4.39. The van der Waals surface area contributed by atoms with Crippen LogP contribution in [0.5, 0.6) is 0 Å². The summed E-state index contributed by atoms with van der Waals surface area (Å²) in [5, 5.41) is 6.58. The zero-order valence-corrected chi connectivity index (χ0v) is 13.7. The van der Waals surface area contributed by atoms with Gasteiger partial charge in [0.25, 0.3) is 0 Å². The maximum absolute atomic E-state index is 11.8. The van der Waals surface area contributed by atoms with Crippen LogP contribution in [0.2, 0.25) is 0 Å². The second-order valence-corrected chi connectivity index (χ2v) is 6.77. The lowest BCUT2D eigenvalue weighted by Gasteiger charge is -2.24. The van der Waals surface area contributed by atoms with E-state index in [0.29, 0.717) is 0 Å². The average Bonchev–Trinajstić information content (AvgIpc) is 2.86. The summed E-state index contributed by atoms with van der Waals surface area (Å²) >= 11 is 1.62. The third kappa shape index (κ3) is 3.06. The third-order valence-corrected chi connectivity index (χ3v) is 5.20. The van der Waals surface area contributed by atoms with Crippen molar-refractivity contribution in [2.24, 2.45) is 11.7 Å². The van der Waals surface area contributed by atoms with Crippen LogP contribution >= 0.6 is 11.3 Å². The first-order chi connectivity index (χ1) is 10.7. The topological polar surface area (TPSA) is 80.9 Å². The molecule has 118 valence electrons. The summed E-state index contributed by atoms with van der Waals surface area (Å²) in [5.41, 5.74) is 5.62. The first-order valence-electron chi connectivity index (χ1n) is 7.99. The molecule has 1 fully saturated rings. The number of nitrogens with zero attached hydrogens (tertiary/aromatic N) is 2. The molecule has 3 rings (SSSR count). The highest BCUT2D eigenvalue weighted by Gasteiger charge is 2.28. The Morgan fingerprint density at radius 3 is 2.95 bits per heavy atom. The van der Waals surface area contributed by atoms with E-state index in [0.717, 1.165) is 54.0 Å². The molecule has 1 amide bonds. The van der Waals surface area contributed by atoms with E-state index in [2.05, 4.69) is 22.2 Å². The second kappa shape index (κ2) is 6.60. The molecule has 1 saturated carbocycles. The summed E-state index contributed by atoms with van der Waals surface area (Å²) in [4.78, 5) is 22.0. The highest BCUT2D eigenvalue weighted by molar-refractivity contribution is 7.16. The molecule has 0 bridgehead atoms. The number of carbonyl (C=O) groups is 1. The van der Waals surface area contributed by atoms with Crippen LogP contribution in [-0.2, 0) is 11.2 Å². The van der Waals surface area contributed by atoms with Crippen LogP contribution in [0.4, 0.5) is 5.82 Å². The molecule has 2 unspecified atom stereocenters. The quantitative estimate of drug-likeness (QED) is 0.849. The van der Waals surface area contributed by atoms with Gasteiger partial charge in [-0.3, -0.25) is 4.79 Å². The van der Waals surface area contributed by atoms with Gasteiger partial charge < -0.3 is 11.1 Å². The van der Waals surface area contributed by atoms with E-state index in [1.54, 1.807) is 11.3 Å². The van der Waals surface area contributed by atoms with Gasteiger partial charge in [-0.05, 0) is 24.3 Å². The summed E-state index contributed by atoms with van der Waals surface area (Å²) in [6.07, 6.45) is 5.99. The van der Waals surface area contributed by atoms with Crippen molar-refractivity contribution >= 4 is 33.3 Å². The molecule has 2 aromatic heterocycles. The number of nitrogens with one attached hydrogen (secondary N) is 1. The molecule has 6 heteroatoms. The first-order valence-corrected chi connectivity index (χ1v) is 8.87. The van der Waals surface area contributed by atoms with Crippen molar-refractivity contribution < 1.29 is 4.79 Å². The van der Waals surface area contributed by atoms with Gasteiger partial charge in [0.15, 0.2) is 0 Å².